The van der Waals surface area contributed by atoms with E-state index in [1.165, 1.54) is 24.1 Å². The Labute approximate surface area is 194 Å². The van der Waals surface area contributed by atoms with Crippen LogP contribution in [0.25, 0.3) is 0 Å². The largest absolute Gasteiger partial charge is 0.501 e. The van der Waals surface area contributed by atoms with Crippen LogP contribution in [0.1, 0.15) is 46.2 Å². The van der Waals surface area contributed by atoms with E-state index in [-0.39, 0.29) is 23.2 Å². The lowest BCUT2D eigenvalue weighted by Gasteiger charge is -2.27. The van der Waals surface area contributed by atoms with Gasteiger partial charge in [0.05, 0.1) is 6.20 Å². The highest BCUT2D eigenvalue weighted by Crippen LogP contribution is 2.40. The Morgan fingerprint density at radius 1 is 1.15 bits per heavy atom. The number of hydrogen-bond donors (Lipinski definition) is 2. The maximum absolute atomic E-state index is 12.8. The molecule has 0 saturated carbocycles. The van der Waals surface area contributed by atoms with Crippen molar-refractivity contribution in [1.82, 2.24) is 14.7 Å². The van der Waals surface area contributed by atoms with Gasteiger partial charge in [0.25, 0.3) is 11.5 Å². The number of amides is 1. The molecule has 0 aliphatic rings. The molecule has 0 unspecified atom stereocenters. The van der Waals surface area contributed by atoms with Crippen LogP contribution in [0.15, 0.2) is 76.4 Å². The summed E-state index contributed by atoms with van der Waals surface area (Å²) in [5.74, 6) is -1.82. The predicted octanol–water partition coefficient (Wildman–Crippen LogP) is 4.32. The Balaban J connectivity index is 1.83. The summed E-state index contributed by atoms with van der Waals surface area (Å²) in [6.45, 7) is 1.90. The summed E-state index contributed by atoms with van der Waals surface area (Å²) in [7, 11) is 1.51. The number of aromatic nitrogens is 3. The first-order valence-corrected chi connectivity index (χ1v) is 10.6. The lowest BCUT2D eigenvalue weighted by Crippen LogP contribution is -2.29. The third kappa shape index (κ3) is 4.38. The van der Waals surface area contributed by atoms with Crippen molar-refractivity contribution in [1.29, 1.82) is 0 Å². The van der Waals surface area contributed by atoms with Crippen LogP contribution in [0, 0.1) is 0 Å². The van der Waals surface area contributed by atoms with Gasteiger partial charge in [0.1, 0.15) is 17.8 Å². The molecule has 8 nitrogen and oxygen atoms in total. The van der Waals surface area contributed by atoms with Crippen LogP contribution in [0.4, 0.5) is 5.69 Å². The Hall–Kier alpha value is -3.91. The summed E-state index contributed by atoms with van der Waals surface area (Å²) in [5, 5.41) is 17.0. The van der Waals surface area contributed by atoms with E-state index in [9.17, 15) is 14.7 Å². The average molecular weight is 465 g/mol. The fourth-order valence-electron chi connectivity index (χ4n) is 3.90. The van der Waals surface area contributed by atoms with Gasteiger partial charge in [0.2, 0.25) is 5.75 Å². The summed E-state index contributed by atoms with van der Waals surface area (Å²) in [6.07, 6.45) is 2.52. The molecule has 2 aromatic carbocycles. The second-order valence-electron chi connectivity index (χ2n) is 7.60. The molecule has 33 heavy (non-hydrogen) atoms. The Morgan fingerprint density at radius 3 is 2.52 bits per heavy atom. The number of halogens is 1. The number of benzene rings is 2. The summed E-state index contributed by atoms with van der Waals surface area (Å²) in [6, 6.07) is 17.2. The van der Waals surface area contributed by atoms with E-state index in [0.29, 0.717) is 10.8 Å². The first kappa shape index (κ1) is 22.3. The van der Waals surface area contributed by atoms with Crippen molar-refractivity contribution in [3.63, 3.8) is 0 Å². The second-order valence-corrected chi connectivity index (χ2v) is 8.00. The average Bonchev–Trinajstić information content (AvgIpc) is 3.32. The van der Waals surface area contributed by atoms with Crippen LogP contribution < -0.4 is 10.9 Å². The van der Waals surface area contributed by atoms with Gasteiger partial charge in [-0.2, -0.15) is 0 Å². The fraction of sp³-hybridized carbons (Fsp3) is 0.167. The SMILES string of the molecule is C[C@H](c1nc(C(=O)Nc2cnoc2)c(O)c(=O)n1C)[C@@H](c1ccccc1)c1ccccc1Cl. The number of anilines is 1. The van der Waals surface area contributed by atoms with Crippen molar-refractivity contribution < 1.29 is 14.4 Å². The zero-order chi connectivity index (χ0) is 23.5. The summed E-state index contributed by atoms with van der Waals surface area (Å²) >= 11 is 6.55. The Bertz CT molecular complexity index is 1340. The molecular weight excluding hydrogens is 444 g/mol. The van der Waals surface area contributed by atoms with E-state index >= 15 is 0 Å². The van der Waals surface area contributed by atoms with Gasteiger partial charge in [-0.1, -0.05) is 72.2 Å². The molecule has 4 aromatic rings. The lowest BCUT2D eigenvalue weighted by molar-refractivity contribution is 0.101. The van der Waals surface area contributed by atoms with Gasteiger partial charge in [-0.3, -0.25) is 14.2 Å². The van der Waals surface area contributed by atoms with Crippen LogP contribution in [0.3, 0.4) is 0 Å². The van der Waals surface area contributed by atoms with Crippen molar-refractivity contribution in [2.75, 3.05) is 5.32 Å². The number of carbonyl (C=O) groups excluding carboxylic acids is 1. The van der Waals surface area contributed by atoms with Crippen molar-refractivity contribution in [3.05, 3.63) is 105 Å². The van der Waals surface area contributed by atoms with E-state index in [2.05, 4.69) is 15.5 Å². The monoisotopic (exact) mass is 464 g/mol. The normalized spacial score (nSPS) is 12.8. The molecule has 0 aliphatic heterocycles. The Kier molecular flexibility index (Phi) is 6.28. The topological polar surface area (TPSA) is 110 Å². The molecular formula is C24H21ClN4O4. The fourth-order valence-corrected chi connectivity index (χ4v) is 4.16. The molecule has 0 fully saturated rings. The number of hydrogen-bond acceptors (Lipinski definition) is 6. The molecule has 2 heterocycles. The van der Waals surface area contributed by atoms with Gasteiger partial charge in [0.15, 0.2) is 5.69 Å². The third-order valence-electron chi connectivity index (χ3n) is 5.51. The first-order valence-electron chi connectivity index (χ1n) is 10.2. The summed E-state index contributed by atoms with van der Waals surface area (Å²) < 4.78 is 5.95. The van der Waals surface area contributed by atoms with Crippen molar-refractivity contribution in [2.24, 2.45) is 7.05 Å². The number of nitrogens with zero attached hydrogens (tertiary/aromatic N) is 3. The minimum atomic E-state index is -0.754. The van der Waals surface area contributed by atoms with Gasteiger partial charge in [0, 0.05) is 23.9 Å². The minimum Gasteiger partial charge on any atom is -0.501 e. The summed E-state index contributed by atoms with van der Waals surface area (Å²) in [5.41, 5.74) is 0.988. The maximum Gasteiger partial charge on any atom is 0.296 e. The molecule has 168 valence electrons. The van der Waals surface area contributed by atoms with E-state index in [4.69, 9.17) is 16.1 Å². The highest BCUT2D eigenvalue weighted by molar-refractivity contribution is 6.31. The van der Waals surface area contributed by atoms with Crippen LogP contribution >= 0.6 is 11.6 Å². The maximum atomic E-state index is 12.8. The molecule has 0 bridgehead atoms. The highest BCUT2D eigenvalue weighted by atomic mass is 35.5. The quantitative estimate of drug-likeness (QED) is 0.440. The zero-order valence-corrected chi connectivity index (χ0v) is 18.7. The number of aromatic hydroxyl groups is 1. The van der Waals surface area contributed by atoms with Gasteiger partial charge < -0.3 is 14.9 Å². The molecule has 0 saturated heterocycles. The van der Waals surface area contributed by atoms with E-state index in [1.807, 2.05) is 55.5 Å². The van der Waals surface area contributed by atoms with Crippen LogP contribution in [0.2, 0.25) is 5.02 Å². The minimum absolute atomic E-state index is 0.267. The van der Waals surface area contributed by atoms with Crippen LogP contribution in [-0.4, -0.2) is 25.7 Å². The molecule has 2 N–H and O–H groups in total. The van der Waals surface area contributed by atoms with Gasteiger partial charge in [-0.05, 0) is 17.2 Å². The van der Waals surface area contributed by atoms with Crippen LogP contribution in [0.5, 0.6) is 5.75 Å². The third-order valence-corrected chi connectivity index (χ3v) is 5.86. The molecule has 1 amide bonds. The predicted molar refractivity (Wildman–Crippen MR) is 124 cm³/mol. The number of rotatable bonds is 6. The number of carbonyl (C=O) groups is 1. The van der Waals surface area contributed by atoms with Crippen molar-refractivity contribution >= 4 is 23.2 Å². The highest BCUT2D eigenvalue weighted by Gasteiger charge is 2.30. The molecule has 9 heteroatoms. The second kappa shape index (κ2) is 9.30. The first-order chi connectivity index (χ1) is 15.9. The molecule has 0 radical (unpaired) electrons. The van der Waals surface area contributed by atoms with Crippen molar-refractivity contribution in [3.8, 4) is 5.75 Å². The smallest absolute Gasteiger partial charge is 0.296 e. The van der Waals surface area contributed by atoms with Crippen LogP contribution in [-0.2, 0) is 7.05 Å². The molecule has 2 aromatic heterocycles. The lowest BCUT2D eigenvalue weighted by atomic mass is 9.81. The molecule has 2 atom stereocenters. The zero-order valence-electron chi connectivity index (χ0n) is 17.9. The van der Waals surface area contributed by atoms with Crippen molar-refractivity contribution in [2.45, 2.75) is 18.8 Å². The van der Waals surface area contributed by atoms with E-state index in [1.54, 1.807) is 6.07 Å². The van der Waals surface area contributed by atoms with E-state index in [0.717, 1.165) is 11.1 Å². The van der Waals surface area contributed by atoms with Gasteiger partial charge in [-0.25, -0.2) is 4.98 Å². The molecule has 0 spiro atoms. The molecule has 0 aliphatic carbocycles. The van der Waals surface area contributed by atoms with Gasteiger partial charge >= 0.3 is 0 Å². The molecule has 4 rings (SSSR count). The van der Waals surface area contributed by atoms with E-state index < -0.39 is 17.2 Å². The van der Waals surface area contributed by atoms with Gasteiger partial charge in [-0.15, -0.1) is 0 Å². The standard InChI is InChI=1S/C24H21ClN4O4/c1-14(19(15-8-4-3-5-9-15)17-10-6-7-11-18(17)25)22-28-20(21(30)24(32)29(22)2)23(31)27-16-12-26-33-13-16/h3-14,19,30H,1-2H3,(H,27,31)/t14-,19-/m0/s1. The number of nitrogens with one attached hydrogen (secondary N) is 1. The summed E-state index contributed by atoms with van der Waals surface area (Å²) in [4.78, 5) is 30.0. The Morgan fingerprint density at radius 2 is 1.85 bits per heavy atom.